The monoisotopic (exact) mass is 231 g/mol. The van der Waals surface area contributed by atoms with E-state index in [0.29, 0.717) is 10.6 Å². The molecule has 0 aromatic heterocycles. The van der Waals surface area contributed by atoms with Crippen LogP contribution in [-0.4, -0.2) is 6.29 Å². The fourth-order valence-electron chi connectivity index (χ4n) is 0.763. The summed E-state index contributed by atoms with van der Waals surface area (Å²) in [7, 11) is 0. The minimum absolute atomic E-state index is 0.543. The molecule has 1 radical (unpaired) electrons. The Balaban J connectivity index is 3.36. The molecule has 0 fully saturated rings. The second kappa shape index (κ2) is 3.37. The molecule has 0 aliphatic rings. The minimum atomic E-state index is 0.543. The van der Waals surface area contributed by atoms with E-state index >= 15 is 0 Å². The Morgan fingerprint density at radius 3 is 2.73 bits per heavy atom. The molecule has 0 saturated heterocycles. The van der Waals surface area contributed by atoms with E-state index in [2.05, 4.69) is 15.9 Å². The molecule has 11 heavy (non-hydrogen) atoms. The van der Waals surface area contributed by atoms with Gasteiger partial charge in [-0.25, -0.2) is 0 Å². The van der Waals surface area contributed by atoms with Crippen molar-refractivity contribution < 1.29 is 4.79 Å². The Morgan fingerprint density at radius 1 is 1.55 bits per heavy atom. The average molecular weight is 232 g/mol. The lowest BCUT2D eigenvalue weighted by molar-refractivity contribution is 0.562. The zero-order valence-electron chi connectivity index (χ0n) is 5.82. The van der Waals surface area contributed by atoms with E-state index in [0.717, 1.165) is 10.0 Å². The van der Waals surface area contributed by atoms with E-state index in [4.69, 9.17) is 11.6 Å². The SMILES string of the molecule is Cc1c([C]=O)ccc(Cl)c1Br. The first-order valence-corrected chi connectivity index (χ1v) is 4.16. The molecule has 0 amide bonds. The largest absolute Gasteiger partial charge is 0.285 e. The van der Waals surface area contributed by atoms with E-state index in [1.807, 2.05) is 13.2 Å². The van der Waals surface area contributed by atoms with Crippen molar-refractivity contribution in [2.24, 2.45) is 0 Å². The lowest BCUT2D eigenvalue weighted by Gasteiger charge is -2.01. The summed E-state index contributed by atoms with van der Waals surface area (Å²) in [6.07, 6.45) is 1.82. The van der Waals surface area contributed by atoms with Crippen LogP contribution in [0.3, 0.4) is 0 Å². The van der Waals surface area contributed by atoms with Gasteiger partial charge in [0.2, 0.25) is 6.29 Å². The summed E-state index contributed by atoms with van der Waals surface area (Å²) in [5.41, 5.74) is 1.37. The molecule has 0 bridgehead atoms. The first kappa shape index (κ1) is 8.75. The number of carbonyl (C=O) groups excluding carboxylic acids is 1. The third-order valence-corrected chi connectivity index (χ3v) is 3.01. The quantitative estimate of drug-likeness (QED) is 0.728. The fraction of sp³-hybridized carbons (Fsp3) is 0.125. The molecule has 1 aromatic carbocycles. The molecule has 0 N–H and O–H groups in total. The Hall–Kier alpha value is -0.340. The standard InChI is InChI=1S/C8H5BrClO/c1-5-6(4-11)2-3-7(10)8(5)9/h2-3H,1H3. The molecule has 1 aromatic rings. The lowest BCUT2D eigenvalue weighted by atomic mass is 10.1. The van der Waals surface area contributed by atoms with E-state index in [1.165, 1.54) is 0 Å². The molecular weight excluding hydrogens is 227 g/mol. The third kappa shape index (κ3) is 1.63. The van der Waals surface area contributed by atoms with Crippen LogP contribution in [-0.2, 0) is 4.79 Å². The van der Waals surface area contributed by atoms with Gasteiger partial charge >= 0.3 is 0 Å². The molecule has 0 saturated carbocycles. The minimum Gasteiger partial charge on any atom is -0.285 e. The number of halogens is 2. The van der Waals surface area contributed by atoms with Crippen LogP contribution in [0.4, 0.5) is 0 Å². The highest BCUT2D eigenvalue weighted by Gasteiger charge is 2.04. The van der Waals surface area contributed by atoms with Gasteiger partial charge in [-0.15, -0.1) is 0 Å². The van der Waals surface area contributed by atoms with Gasteiger partial charge in [-0.05, 0) is 40.5 Å². The molecule has 0 spiro atoms. The Kier molecular flexibility index (Phi) is 2.68. The second-order valence-electron chi connectivity index (χ2n) is 2.14. The van der Waals surface area contributed by atoms with Gasteiger partial charge in [0.1, 0.15) is 0 Å². The molecule has 0 heterocycles. The number of hydrogen-bond acceptors (Lipinski definition) is 1. The highest BCUT2D eigenvalue weighted by atomic mass is 79.9. The molecular formula is C8H5BrClO. The van der Waals surface area contributed by atoms with Gasteiger partial charge in [0.05, 0.1) is 5.02 Å². The van der Waals surface area contributed by atoms with Crippen molar-refractivity contribution in [2.75, 3.05) is 0 Å². The zero-order chi connectivity index (χ0) is 8.43. The molecule has 3 heteroatoms. The van der Waals surface area contributed by atoms with Crippen molar-refractivity contribution in [3.8, 4) is 0 Å². The van der Waals surface area contributed by atoms with E-state index in [9.17, 15) is 4.79 Å². The fourth-order valence-corrected chi connectivity index (χ4v) is 1.31. The molecule has 0 aliphatic carbocycles. The molecule has 1 nitrogen and oxygen atoms in total. The second-order valence-corrected chi connectivity index (χ2v) is 3.34. The number of rotatable bonds is 1. The zero-order valence-corrected chi connectivity index (χ0v) is 8.16. The summed E-state index contributed by atoms with van der Waals surface area (Å²) in [5.74, 6) is 0. The molecule has 1 rings (SSSR count). The molecule has 0 atom stereocenters. The predicted octanol–water partition coefficient (Wildman–Crippen LogP) is 2.87. The van der Waals surface area contributed by atoms with Crippen LogP contribution in [0.2, 0.25) is 5.02 Å². The van der Waals surface area contributed by atoms with Crippen LogP contribution in [0.5, 0.6) is 0 Å². The summed E-state index contributed by atoms with van der Waals surface area (Å²) in [6.45, 7) is 1.82. The highest BCUT2D eigenvalue weighted by Crippen LogP contribution is 2.27. The molecule has 57 valence electrons. The maximum atomic E-state index is 10.3. The van der Waals surface area contributed by atoms with E-state index in [-0.39, 0.29) is 0 Å². The van der Waals surface area contributed by atoms with Crippen LogP contribution >= 0.6 is 27.5 Å². The molecule has 0 aliphatic heterocycles. The number of benzene rings is 1. The van der Waals surface area contributed by atoms with Crippen LogP contribution in [0, 0.1) is 6.92 Å². The normalized spacial score (nSPS) is 9.73. The van der Waals surface area contributed by atoms with Gasteiger partial charge in [0.25, 0.3) is 0 Å². The van der Waals surface area contributed by atoms with E-state index in [1.54, 1.807) is 12.1 Å². The topological polar surface area (TPSA) is 17.1 Å². The van der Waals surface area contributed by atoms with Gasteiger partial charge in [-0.3, -0.25) is 4.79 Å². The van der Waals surface area contributed by atoms with E-state index < -0.39 is 0 Å². The van der Waals surface area contributed by atoms with Gasteiger partial charge < -0.3 is 0 Å². The maximum Gasteiger partial charge on any atom is 0.233 e. The van der Waals surface area contributed by atoms with Gasteiger partial charge in [0.15, 0.2) is 0 Å². The summed E-state index contributed by atoms with van der Waals surface area (Å²) in [4.78, 5) is 10.3. The highest BCUT2D eigenvalue weighted by molar-refractivity contribution is 9.10. The summed E-state index contributed by atoms with van der Waals surface area (Å²) < 4.78 is 0.764. The van der Waals surface area contributed by atoms with Gasteiger partial charge in [-0.1, -0.05) is 11.6 Å². The average Bonchev–Trinajstić information content (AvgIpc) is 2.01. The first-order chi connectivity index (χ1) is 5.16. The number of hydrogen-bond donors (Lipinski definition) is 0. The summed E-state index contributed by atoms with van der Waals surface area (Å²) in [5, 5.41) is 0.613. The van der Waals surface area contributed by atoms with Crippen molar-refractivity contribution in [1.29, 1.82) is 0 Å². The third-order valence-electron chi connectivity index (χ3n) is 1.45. The Morgan fingerprint density at radius 2 is 2.18 bits per heavy atom. The van der Waals surface area contributed by atoms with Crippen molar-refractivity contribution >= 4 is 33.8 Å². The first-order valence-electron chi connectivity index (χ1n) is 2.99. The van der Waals surface area contributed by atoms with Crippen LogP contribution < -0.4 is 0 Å². The van der Waals surface area contributed by atoms with Crippen molar-refractivity contribution in [3.05, 3.63) is 32.8 Å². The van der Waals surface area contributed by atoms with Gasteiger partial charge in [-0.2, -0.15) is 0 Å². The predicted molar refractivity (Wildman–Crippen MR) is 48.7 cm³/mol. The Bertz CT molecular complexity index is 296. The lowest BCUT2D eigenvalue weighted by Crippen LogP contribution is -1.87. The smallest absolute Gasteiger partial charge is 0.233 e. The van der Waals surface area contributed by atoms with Gasteiger partial charge in [0, 0.05) is 10.0 Å². The van der Waals surface area contributed by atoms with Crippen LogP contribution in [0.25, 0.3) is 0 Å². The Labute approximate surface area is 78.5 Å². The van der Waals surface area contributed by atoms with Crippen molar-refractivity contribution in [2.45, 2.75) is 6.92 Å². The van der Waals surface area contributed by atoms with Crippen LogP contribution in [0.1, 0.15) is 11.1 Å². The summed E-state index contributed by atoms with van der Waals surface area (Å²) in [6, 6.07) is 3.31. The van der Waals surface area contributed by atoms with Crippen LogP contribution in [0.15, 0.2) is 16.6 Å². The summed E-state index contributed by atoms with van der Waals surface area (Å²) >= 11 is 9.03. The maximum absolute atomic E-state index is 10.3. The van der Waals surface area contributed by atoms with Crippen molar-refractivity contribution in [1.82, 2.24) is 0 Å². The molecule has 0 unspecified atom stereocenters. The van der Waals surface area contributed by atoms with Crippen molar-refractivity contribution in [3.63, 3.8) is 0 Å².